The van der Waals surface area contributed by atoms with E-state index in [2.05, 4.69) is 25.7 Å². The Kier molecular flexibility index (Phi) is 6.07. The van der Waals surface area contributed by atoms with Gasteiger partial charge in [-0.15, -0.1) is 11.8 Å². The number of aliphatic carboxylic acids is 1. The molecule has 4 rings (SSSR count). The number of hydrogen-bond acceptors (Lipinski definition) is 11. The van der Waals surface area contributed by atoms with Crippen LogP contribution in [0.1, 0.15) is 17.7 Å². The first-order chi connectivity index (χ1) is 15.3. The monoisotopic (exact) mass is 515 g/mol. The van der Waals surface area contributed by atoms with Gasteiger partial charge in [-0.2, -0.15) is 5.10 Å². The number of nitrogens with two attached hydrogens (primary N) is 1. The van der Waals surface area contributed by atoms with Crippen LogP contribution in [0.15, 0.2) is 28.2 Å². The number of carboxylic acids is 1. The van der Waals surface area contributed by atoms with E-state index in [-0.39, 0.29) is 43.8 Å². The highest BCUT2D eigenvalue weighted by molar-refractivity contribution is 8.06. The van der Waals surface area contributed by atoms with Gasteiger partial charge in [0.05, 0.1) is 22.9 Å². The Labute approximate surface area is 197 Å². The number of aromatic nitrogens is 3. The van der Waals surface area contributed by atoms with E-state index in [1.165, 1.54) is 4.90 Å². The molecule has 16 heteroatoms. The molecule has 2 atom stereocenters. The predicted octanol–water partition coefficient (Wildman–Crippen LogP) is 1.37. The van der Waals surface area contributed by atoms with E-state index in [1.807, 2.05) is 0 Å². The lowest BCUT2D eigenvalue weighted by molar-refractivity contribution is -0.146. The Bertz CT molecular complexity index is 1150. The molecule has 1 unspecified atom stereocenters. The number of nitrogens with one attached hydrogen (secondary N) is 2. The van der Waals surface area contributed by atoms with Crippen molar-refractivity contribution in [2.45, 2.75) is 22.4 Å². The van der Waals surface area contributed by atoms with E-state index in [0.29, 0.717) is 6.21 Å². The van der Waals surface area contributed by atoms with Crippen molar-refractivity contribution in [1.82, 2.24) is 25.4 Å². The van der Waals surface area contributed by atoms with Gasteiger partial charge in [0.2, 0.25) is 5.91 Å². The Morgan fingerprint density at radius 3 is 2.91 bits per heavy atom. The fourth-order valence-corrected chi connectivity index (χ4v) is 7.47. The van der Waals surface area contributed by atoms with Gasteiger partial charge < -0.3 is 21.4 Å². The fourth-order valence-electron chi connectivity index (χ4n) is 3.27. The van der Waals surface area contributed by atoms with Crippen LogP contribution in [0, 0.1) is 0 Å². The lowest BCUT2D eigenvalue weighted by Crippen LogP contribution is -2.60. The van der Waals surface area contributed by atoms with E-state index in [9.17, 15) is 19.5 Å². The molecule has 1 saturated heterocycles. The summed E-state index contributed by atoms with van der Waals surface area (Å²) in [6, 6.07) is 0. The third-order valence-corrected chi connectivity index (χ3v) is 8.53. The topological polar surface area (TPSA) is 187 Å². The summed E-state index contributed by atoms with van der Waals surface area (Å²) >= 11 is 9.55. The number of carboxylic acid groups (broad SMARTS) is 1. The van der Waals surface area contributed by atoms with Gasteiger partial charge in [0, 0.05) is 17.5 Å². The summed E-state index contributed by atoms with van der Waals surface area (Å²) in [6.07, 6.45) is 3.88. The molecule has 0 bridgehead atoms. The summed E-state index contributed by atoms with van der Waals surface area (Å²) in [5, 5.41) is 30.4. The quantitative estimate of drug-likeness (QED) is 0.156. The SMILES string of the molecule is Nc1nc(C2(NC(=O)/C=N\O)S[C@H]3CC(=O)N3C(C(=O)O)=C2SCc2cn[nH]c2)c(Cl)s1. The summed E-state index contributed by atoms with van der Waals surface area (Å²) in [7, 11) is 0. The molecule has 0 saturated carbocycles. The van der Waals surface area contributed by atoms with Crippen LogP contribution in [0.25, 0.3) is 0 Å². The maximum atomic E-state index is 12.5. The highest BCUT2D eigenvalue weighted by atomic mass is 35.5. The molecule has 2 aromatic heterocycles. The number of amides is 2. The zero-order valence-electron chi connectivity index (χ0n) is 15.8. The van der Waals surface area contributed by atoms with Crippen LogP contribution >= 0.6 is 46.5 Å². The zero-order valence-corrected chi connectivity index (χ0v) is 19.0. The van der Waals surface area contributed by atoms with E-state index >= 15 is 0 Å². The first-order valence-electron chi connectivity index (χ1n) is 8.77. The van der Waals surface area contributed by atoms with Crippen LogP contribution < -0.4 is 11.1 Å². The van der Waals surface area contributed by atoms with E-state index < -0.39 is 22.1 Å². The van der Waals surface area contributed by atoms with Crippen LogP contribution in [0.3, 0.4) is 0 Å². The molecule has 1 fully saturated rings. The van der Waals surface area contributed by atoms with Gasteiger partial charge in [-0.3, -0.25) is 19.6 Å². The van der Waals surface area contributed by atoms with Crippen molar-refractivity contribution in [3.05, 3.63) is 38.6 Å². The van der Waals surface area contributed by atoms with Crippen molar-refractivity contribution >= 4 is 75.6 Å². The number of β-lactam (4-membered cyclic amide) rings is 1. The van der Waals surface area contributed by atoms with Crippen molar-refractivity contribution in [1.29, 1.82) is 0 Å². The number of oxime groups is 1. The van der Waals surface area contributed by atoms with Crippen LogP contribution in [0.4, 0.5) is 5.13 Å². The molecular weight excluding hydrogens is 502 g/mol. The van der Waals surface area contributed by atoms with Crippen molar-refractivity contribution in [3.8, 4) is 0 Å². The number of carbonyl (C=O) groups is 3. The largest absolute Gasteiger partial charge is 0.477 e. The molecule has 2 aliphatic rings. The minimum Gasteiger partial charge on any atom is -0.477 e. The number of hydrogen-bond donors (Lipinski definition) is 5. The molecule has 4 heterocycles. The summed E-state index contributed by atoms with van der Waals surface area (Å²) in [5.74, 6) is -2.28. The van der Waals surface area contributed by atoms with Crippen molar-refractivity contribution in [3.63, 3.8) is 0 Å². The lowest BCUT2D eigenvalue weighted by atomic mass is 10.1. The minimum atomic E-state index is -1.60. The molecule has 6 N–H and O–H groups in total. The molecule has 0 radical (unpaired) electrons. The number of rotatable bonds is 7. The summed E-state index contributed by atoms with van der Waals surface area (Å²) in [5.41, 5.74) is 6.42. The number of nitrogens with zero attached hydrogens (tertiary/aromatic N) is 4. The number of nitrogen functional groups attached to an aromatic ring is 1. The Balaban J connectivity index is 1.94. The number of thioether (sulfide) groups is 2. The Morgan fingerprint density at radius 2 is 2.34 bits per heavy atom. The second kappa shape index (κ2) is 8.65. The Morgan fingerprint density at radius 1 is 1.56 bits per heavy atom. The standard InChI is InChI=1S/C16H14ClN7O5S3/c17-13-11(22-15(18)31-13)16(23-7(25)4-21-29)12(30-5-6-2-19-20-3-6)10(14(27)28)24-8(26)1-9(24)32-16/h2-4,9,29H,1,5H2,(H2,18,22)(H,19,20)(H,23,25)(H,27,28)/b21-4-/t9-,16?/m0/s1. The van der Waals surface area contributed by atoms with Crippen LogP contribution in [0.5, 0.6) is 0 Å². The van der Waals surface area contributed by atoms with Gasteiger partial charge in [-0.1, -0.05) is 39.9 Å². The Hall–Kier alpha value is -2.75. The molecule has 32 heavy (non-hydrogen) atoms. The minimum absolute atomic E-state index is 0.0596. The predicted molar refractivity (Wildman–Crippen MR) is 119 cm³/mol. The number of aromatic amines is 1. The fraction of sp³-hybridized carbons (Fsp3) is 0.250. The zero-order chi connectivity index (χ0) is 23.0. The van der Waals surface area contributed by atoms with Gasteiger partial charge in [0.1, 0.15) is 21.9 Å². The first-order valence-corrected chi connectivity index (χ1v) is 11.8. The third-order valence-electron chi connectivity index (χ3n) is 4.55. The van der Waals surface area contributed by atoms with Crippen molar-refractivity contribution in [2.24, 2.45) is 5.16 Å². The molecule has 0 aliphatic carbocycles. The first kappa shape index (κ1) is 22.4. The molecule has 12 nitrogen and oxygen atoms in total. The number of halogens is 1. The molecule has 2 amide bonds. The molecule has 2 aliphatic heterocycles. The molecule has 0 aromatic carbocycles. The average molecular weight is 516 g/mol. The van der Waals surface area contributed by atoms with Gasteiger partial charge in [-0.05, 0) is 0 Å². The highest BCUT2D eigenvalue weighted by Crippen LogP contribution is 2.58. The maximum absolute atomic E-state index is 12.5. The number of thiazole rings is 1. The van der Waals surface area contributed by atoms with Gasteiger partial charge in [0.25, 0.3) is 5.91 Å². The van der Waals surface area contributed by atoms with Crippen LogP contribution in [-0.2, 0) is 25.0 Å². The van der Waals surface area contributed by atoms with Gasteiger partial charge >= 0.3 is 5.97 Å². The number of fused-ring (bicyclic) bond motifs is 1. The lowest BCUT2D eigenvalue weighted by Gasteiger charge is -2.51. The normalized spacial score (nSPS) is 22.7. The third kappa shape index (κ3) is 3.80. The highest BCUT2D eigenvalue weighted by Gasteiger charge is 2.58. The average Bonchev–Trinajstić information content (AvgIpc) is 3.35. The van der Waals surface area contributed by atoms with Crippen molar-refractivity contribution in [2.75, 3.05) is 5.73 Å². The second-order valence-electron chi connectivity index (χ2n) is 6.51. The van der Waals surface area contributed by atoms with Gasteiger partial charge in [-0.25, -0.2) is 9.78 Å². The second-order valence-corrected chi connectivity index (χ2v) is 10.5. The number of H-pyrrole nitrogens is 1. The summed E-state index contributed by atoms with van der Waals surface area (Å²) in [6.45, 7) is 0. The van der Waals surface area contributed by atoms with Crippen molar-refractivity contribution < 1.29 is 24.7 Å². The number of carbonyl (C=O) groups excluding carboxylic acids is 2. The number of anilines is 1. The van der Waals surface area contributed by atoms with E-state index in [4.69, 9.17) is 22.5 Å². The van der Waals surface area contributed by atoms with Crippen LogP contribution in [0.2, 0.25) is 4.34 Å². The van der Waals surface area contributed by atoms with Crippen LogP contribution in [-0.4, -0.2) is 59.8 Å². The van der Waals surface area contributed by atoms with E-state index in [1.54, 1.807) is 12.4 Å². The summed E-state index contributed by atoms with van der Waals surface area (Å²) in [4.78, 5) is 41.1. The van der Waals surface area contributed by atoms with E-state index in [0.717, 1.165) is 40.4 Å². The summed E-state index contributed by atoms with van der Waals surface area (Å²) < 4.78 is 0.140. The smallest absolute Gasteiger partial charge is 0.353 e. The molecular formula is C16H14ClN7O5S3. The molecule has 0 spiro atoms. The maximum Gasteiger partial charge on any atom is 0.353 e. The molecule has 2 aromatic rings. The molecule has 168 valence electrons. The van der Waals surface area contributed by atoms with Gasteiger partial charge in [0.15, 0.2) is 10.0 Å².